The van der Waals surface area contributed by atoms with Crippen LogP contribution in [0.3, 0.4) is 0 Å². The van der Waals surface area contributed by atoms with Crippen molar-refractivity contribution >= 4 is 17.9 Å². The Hall–Kier alpha value is -3.15. The number of allylic oxidation sites excluding steroid dienone is 12. The molecule has 0 bridgehead atoms. The van der Waals surface area contributed by atoms with Gasteiger partial charge in [-0.3, -0.25) is 14.4 Å². The molecule has 0 fully saturated rings. The molecule has 0 aromatic rings. The molecule has 0 radical (unpaired) electrons. The SMILES string of the molecule is CC/C=C\C/C=C\C/C=C\C/C=C\CCCCCCC(=O)OCC(COC(=O)CCCCCCC/C=C\CCC)OC(=O)CCCCCCC/C=C\CCCCC. The van der Waals surface area contributed by atoms with Gasteiger partial charge in [0.25, 0.3) is 0 Å². The van der Waals surface area contributed by atoms with Gasteiger partial charge in [-0.15, -0.1) is 0 Å². The number of carbonyl (C=O) groups is 3. The average molecular weight is 795 g/mol. The van der Waals surface area contributed by atoms with Crippen LogP contribution in [0.15, 0.2) is 72.9 Å². The van der Waals surface area contributed by atoms with Crippen molar-refractivity contribution in [2.75, 3.05) is 13.2 Å². The smallest absolute Gasteiger partial charge is 0.306 e. The van der Waals surface area contributed by atoms with Gasteiger partial charge in [0.05, 0.1) is 0 Å². The van der Waals surface area contributed by atoms with E-state index in [9.17, 15) is 14.4 Å². The summed E-state index contributed by atoms with van der Waals surface area (Å²) < 4.78 is 16.7. The monoisotopic (exact) mass is 795 g/mol. The maximum absolute atomic E-state index is 12.7. The van der Waals surface area contributed by atoms with Gasteiger partial charge in [-0.2, -0.15) is 0 Å². The minimum absolute atomic E-state index is 0.0921. The van der Waals surface area contributed by atoms with Crippen molar-refractivity contribution in [1.82, 2.24) is 0 Å². The van der Waals surface area contributed by atoms with Crippen molar-refractivity contribution in [3.63, 3.8) is 0 Å². The first-order valence-electron chi connectivity index (χ1n) is 23.4. The van der Waals surface area contributed by atoms with Crippen LogP contribution in [0, 0.1) is 0 Å². The first-order valence-corrected chi connectivity index (χ1v) is 23.4. The van der Waals surface area contributed by atoms with Gasteiger partial charge in [0.15, 0.2) is 6.10 Å². The van der Waals surface area contributed by atoms with Crippen LogP contribution in [0.4, 0.5) is 0 Å². The van der Waals surface area contributed by atoms with Crippen molar-refractivity contribution in [3.8, 4) is 0 Å². The number of carbonyl (C=O) groups excluding carboxylic acids is 3. The molecule has 0 rings (SSSR count). The molecule has 0 aliphatic rings. The summed E-state index contributed by atoms with van der Waals surface area (Å²) in [6.45, 7) is 6.38. The third-order valence-corrected chi connectivity index (χ3v) is 9.65. The normalized spacial score (nSPS) is 12.7. The third kappa shape index (κ3) is 43.8. The molecule has 0 aromatic carbocycles. The summed E-state index contributed by atoms with van der Waals surface area (Å²) in [6.07, 6.45) is 56.0. The molecule has 0 amide bonds. The molecule has 1 atom stereocenters. The lowest BCUT2D eigenvalue weighted by Gasteiger charge is -2.18. The molecule has 6 nitrogen and oxygen atoms in total. The molecule has 57 heavy (non-hydrogen) atoms. The molecule has 6 heteroatoms. The van der Waals surface area contributed by atoms with Gasteiger partial charge < -0.3 is 14.2 Å². The molecule has 0 N–H and O–H groups in total. The highest BCUT2D eigenvalue weighted by molar-refractivity contribution is 5.71. The van der Waals surface area contributed by atoms with Crippen LogP contribution in [0.25, 0.3) is 0 Å². The molecule has 1 unspecified atom stereocenters. The van der Waals surface area contributed by atoms with Crippen LogP contribution in [0.5, 0.6) is 0 Å². The van der Waals surface area contributed by atoms with Crippen molar-refractivity contribution in [2.24, 2.45) is 0 Å². The minimum atomic E-state index is -0.790. The Labute approximate surface area is 351 Å². The largest absolute Gasteiger partial charge is 0.462 e. The highest BCUT2D eigenvalue weighted by Crippen LogP contribution is 2.13. The maximum Gasteiger partial charge on any atom is 0.306 e. The van der Waals surface area contributed by atoms with Crippen LogP contribution in [-0.2, 0) is 28.6 Å². The highest BCUT2D eigenvalue weighted by Gasteiger charge is 2.19. The summed E-state index contributed by atoms with van der Waals surface area (Å²) in [4.78, 5) is 37.7. The third-order valence-electron chi connectivity index (χ3n) is 9.65. The van der Waals surface area contributed by atoms with Crippen LogP contribution in [-0.4, -0.2) is 37.2 Å². The second kappa shape index (κ2) is 45.6. The Bertz CT molecular complexity index is 1100. The van der Waals surface area contributed by atoms with E-state index in [0.29, 0.717) is 19.3 Å². The van der Waals surface area contributed by atoms with Crippen molar-refractivity contribution < 1.29 is 28.6 Å². The molecular formula is C51H86O6. The van der Waals surface area contributed by atoms with Crippen molar-refractivity contribution in [3.05, 3.63) is 72.9 Å². The Morgan fingerprint density at radius 3 is 1.16 bits per heavy atom. The second-order valence-electron chi connectivity index (χ2n) is 15.3. The summed E-state index contributed by atoms with van der Waals surface area (Å²) in [7, 11) is 0. The highest BCUT2D eigenvalue weighted by atomic mass is 16.6. The number of hydrogen-bond acceptors (Lipinski definition) is 6. The predicted molar refractivity (Wildman–Crippen MR) is 242 cm³/mol. The number of hydrogen-bond donors (Lipinski definition) is 0. The molecule has 0 aromatic heterocycles. The molecule has 326 valence electrons. The summed E-state index contributed by atoms with van der Waals surface area (Å²) in [5, 5.41) is 0. The molecule has 0 aliphatic carbocycles. The van der Waals surface area contributed by atoms with E-state index in [2.05, 4.69) is 93.7 Å². The predicted octanol–water partition coefficient (Wildman–Crippen LogP) is 15.1. The minimum Gasteiger partial charge on any atom is -0.462 e. The van der Waals surface area contributed by atoms with Crippen LogP contribution >= 0.6 is 0 Å². The number of rotatable bonds is 41. The van der Waals surface area contributed by atoms with E-state index in [0.717, 1.165) is 128 Å². The maximum atomic E-state index is 12.7. The summed E-state index contributed by atoms with van der Waals surface area (Å²) in [5.74, 6) is -0.941. The first kappa shape index (κ1) is 53.9. The fourth-order valence-electron chi connectivity index (χ4n) is 6.13. The Morgan fingerprint density at radius 2 is 0.719 bits per heavy atom. The van der Waals surface area contributed by atoms with Gasteiger partial charge in [-0.25, -0.2) is 0 Å². The van der Waals surface area contributed by atoms with Gasteiger partial charge >= 0.3 is 17.9 Å². The standard InChI is InChI=1S/C51H86O6/c1-4-7-10-13-16-19-22-24-25-26-27-28-30-32-35-38-41-44-50(53)56-47-48(46-55-49(52)43-40-37-34-31-21-18-15-12-9-6-3)57-51(54)45-42-39-36-33-29-23-20-17-14-11-8-5-2/h7,10,12,15-17,19-20,24-25,27-28,48H,4-6,8-9,11,13-14,18,21-23,26,29-47H2,1-3H3/b10-7-,15-12-,19-16-,20-17-,25-24-,28-27-. The zero-order valence-electron chi connectivity index (χ0n) is 37.1. The molecular weight excluding hydrogens is 709 g/mol. The zero-order chi connectivity index (χ0) is 41.5. The number of esters is 3. The molecule has 0 heterocycles. The molecule has 0 saturated carbocycles. The summed E-state index contributed by atoms with van der Waals surface area (Å²) >= 11 is 0. The van der Waals surface area contributed by atoms with E-state index in [1.165, 1.54) is 44.9 Å². The number of ether oxygens (including phenoxy) is 3. The fraction of sp³-hybridized carbons (Fsp3) is 0.706. The van der Waals surface area contributed by atoms with Gasteiger partial charge in [0.2, 0.25) is 0 Å². The quantitative estimate of drug-likeness (QED) is 0.0265. The van der Waals surface area contributed by atoms with Crippen LogP contribution in [0.2, 0.25) is 0 Å². The lowest BCUT2D eigenvalue weighted by Crippen LogP contribution is -2.30. The van der Waals surface area contributed by atoms with E-state index >= 15 is 0 Å². The fourth-order valence-corrected chi connectivity index (χ4v) is 6.13. The van der Waals surface area contributed by atoms with E-state index < -0.39 is 6.10 Å². The Morgan fingerprint density at radius 1 is 0.368 bits per heavy atom. The van der Waals surface area contributed by atoms with Gasteiger partial charge in [-0.1, -0.05) is 164 Å². The molecule has 0 saturated heterocycles. The van der Waals surface area contributed by atoms with Gasteiger partial charge in [-0.05, 0) is 103 Å². The summed E-state index contributed by atoms with van der Waals surface area (Å²) in [5.41, 5.74) is 0. The van der Waals surface area contributed by atoms with Crippen molar-refractivity contribution in [1.29, 1.82) is 0 Å². The van der Waals surface area contributed by atoms with Crippen LogP contribution in [0.1, 0.15) is 213 Å². The second-order valence-corrected chi connectivity index (χ2v) is 15.3. The van der Waals surface area contributed by atoms with Crippen LogP contribution < -0.4 is 0 Å². The average Bonchev–Trinajstić information content (AvgIpc) is 3.21. The lowest BCUT2D eigenvalue weighted by molar-refractivity contribution is -0.167. The lowest BCUT2D eigenvalue weighted by atomic mass is 10.1. The van der Waals surface area contributed by atoms with Gasteiger partial charge in [0, 0.05) is 19.3 Å². The van der Waals surface area contributed by atoms with E-state index in [4.69, 9.17) is 14.2 Å². The van der Waals surface area contributed by atoms with Gasteiger partial charge in [0.1, 0.15) is 13.2 Å². The van der Waals surface area contributed by atoms with E-state index in [-0.39, 0.29) is 31.1 Å². The topological polar surface area (TPSA) is 78.9 Å². The van der Waals surface area contributed by atoms with E-state index in [1.54, 1.807) is 0 Å². The molecule has 0 spiro atoms. The number of unbranched alkanes of at least 4 members (excludes halogenated alkanes) is 18. The Kier molecular flexibility index (Phi) is 43.0. The zero-order valence-corrected chi connectivity index (χ0v) is 37.1. The summed E-state index contributed by atoms with van der Waals surface area (Å²) in [6, 6.07) is 0. The molecule has 0 aliphatic heterocycles. The first-order chi connectivity index (χ1) is 28.0. The van der Waals surface area contributed by atoms with E-state index in [1.807, 2.05) is 0 Å². The Balaban J connectivity index is 4.42. The van der Waals surface area contributed by atoms with Crippen molar-refractivity contribution in [2.45, 2.75) is 219 Å².